The second kappa shape index (κ2) is 6.31. The standard InChI is InChI=1S/C13H18/c1-6-12(7-2)10-13(8-3)9-11(4)5/h1,7-8,10-11H,2,9H2,3-5H3. The van der Waals surface area contributed by atoms with Crippen molar-refractivity contribution in [2.45, 2.75) is 27.2 Å². The Balaban J connectivity index is 4.55. The monoisotopic (exact) mass is 174 g/mol. The summed E-state index contributed by atoms with van der Waals surface area (Å²) in [6, 6.07) is 0. The summed E-state index contributed by atoms with van der Waals surface area (Å²) in [4.78, 5) is 0. The van der Waals surface area contributed by atoms with Crippen LogP contribution in [0.3, 0.4) is 0 Å². The lowest BCUT2D eigenvalue weighted by Gasteiger charge is -2.05. The molecule has 0 radical (unpaired) electrons. The summed E-state index contributed by atoms with van der Waals surface area (Å²) in [5, 5.41) is 0. The molecule has 0 aromatic heterocycles. The Morgan fingerprint density at radius 1 is 1.54 bits per heavy atom. The van der Waals surface area contributed by atoms with Crippen LogP contribution in [0.4, 0.5) is 0 Å². The molecule has 0 bridgehead atoms. The Morgan fingerprint density at radius 2 is 2.15 bits per heavy atom. The van der Waals surface area contributed by atoms with E-state index < -0.39 is 0 Å². The summed E-state index contributed by atoms with van der Waals surface area (Å²) in [6.45, 7) is 10.1. The van der Waals surface area contributed by atoms with E-state index in [0.29, 0.717) is 5.92 Å². The summed E-state index contributed by atoms with van der Waals surface area (Å²) < 4.78 is 0. The summed E-state index contributed by atoms with van der Waals surface area (Å²) in [7, 11) is 0. The summed E-state index contributed by atoms with van der Waals surface area (Å²) in [5.74, 6) is 3.25. The second-order valence-electron chi connectivity index (χ2n) is 3.41. The normalized spacial score (nSPS) is 12.8. The fourth-order valence-electron chi connectivity index (χ4n) is 1.09. The van der Waals surface area contributed by atoms with Crippen LogP contribution in [0.5, 0.6) is 0 Å². The van der Waals surface area contributed by atoms with Crippen molar-refractivity contribution in [3.05, 3.63) is 36.0 Å². The molecule has 0 aliphatic heterocycles. The van der Waals surface area contributed by atoms with Gasteiger partial charge in [-0.05, 0) is 25.3 Å². The molecule has 0 heterocycles. The van der Waals surface area contributed by atoms with E-state index in [4.69, 9.17) is 6.42 Å². The van der Waals surface area contributed by atoms with E-state index >= 15 is 0 Å². The minimum atomic E-state index is 0.659. The minimum absolute atomic E-state index is 0.659. The lowest BCUT2D eigenvalue weighted by molar-refractivity contribution is 0.649. The maximum Gasteiger partial charge on any atom is 0.0239 e. The van der Waals surface area contributed by atoms with Crippen LogP contribution in [-0.2, 0) is 0 Å². The minimum Gasteiger partial charge on any atom is -0.115 e. The molecule has 0 unspecified atom stereocenters. The third-order valence-corrected chi connectivity index (χ3v) is 1.74. The van der Waals surface area contributed by atoms with Gasteiger partial charge < -0.3 is 0 Å². The van der Waals surface area contributed by atoms with E-state index in [0.717, 1.165) is 12.0 Å². The summed E-state index contributed by atoms with van der Waals surface area (Å²) in [5.41, 5.74) is 2.14. The van der Waals surface area contributed by atoms with Gasteiger partial charge >= 0.3 is 0 Å². The van der Waals surface area contributed by atoms with Crippen molar-refractivity contribution < 1.29 is 0 Å². The van der Waals surface area contributed by atoms with Gasteiger partial charge in [-0.25, -0.2) is 0 Å². The number of terminal acetylenes is 1. The van der Waals surface area contributed by atoms with Gasteiger partial charge in [0.25, 0.3) is 0 Å². The second-order valence-corrected chi connectivity index (χ2v) is 3.41. The average Bonchev–Trinajstić information content (AvgIpc) is 2.11. The van der Waals surface area contributed by atoms with Gasteiger partial charge in [0.05, 0.1) is 0 Å². The van der Waals surface area contributed by atoms with E-state index in [9.17, 15) is 0 Å². The van der Waals surface area contributed by atoms with Gasteiger partial charge in [-0.3, -0.25) is 0 Å². The van der Waals surface area contributed by atoms with E-state index in [1.54, 1.807) is 6.08 Å². The molecule has 0 saturated heterocycles. The van der Waals surface area contributed by atoms with Crippen molar-refractivity contribution in [2.75, 3.05) is 0 Å². The van der Waals surface area contributed by atoms with Gasteiger partial charge in [0.1, 0.15) is 0 Å². The molecule has 0 N–H and O–H groups in total. The van der Waals surface area contributed by atoms with Crippen molar-refractivity contribution in [3.63, 3.8) is 0 Å². The first-order valence-corrected chi connectivity index (χ1v) is 4.60. The lowest BCUT2D eigenvalue weighted by Crippen LogP contribution is -1.89. The van der Waals surface area contributed by atoms with Crippen molar-refractivity contribution in [1.82, 2.24) is 0 Å². The lowest BCUT2D eigenvalue weighted by atomic mass is 10.0. The molecule has 13 heavy (non-hydrogen) atoms. The van der Waals surface area contributed by atoms with Crippen molar-refractivity contribution >= 4 is 0 Å². The Morgan fingerprint density at radius 3 is 2.46 bits per heavy atom. The maximum atomic E-state index is 5.30. The smallest absolute Gasteiger partial charge is 0.0239 e. The van der Waals surface area contributed by atoms with Crippen LogP contribution in [0.1, 0.15) is 27.2 Å². The molecule has 0 amide bonds. The van der Waals surface area contributed by atoms with Gasteiger partial charge in [-0.2, -0.15) is 0 Å². The SMILES string of the molecule is C#CC(C=C)=CC(=CC)CC(C)C. The first-order valence-electron chi connectivity index (χ1n) is 4.60. The fourth-order valence-corrected chi connectivity index (χ4v) is 1.09. The zero-order chi connectivity index (χ0) is 10.3. The van der Waals surface area contributed by atoms with Crippen LogP contribution in [0.25, 0.3) is 0 Å². The van der Waals surface area contributed by atoms with Crippen LogP contribution >= 0.6 is 0 Å². The topological polar surface area (TPSA) is 0 Å². The predicted molar refractivity (Wildman–Crippen MR) is 60.3 cm³/mol. The van der Waals surface area contributed by atoms with Gasteiger partial charge in [-0.15, -0.1) is 6.42 Å². The molecule has 0 atom stereocenters. The van der Waals surface area contributed by atoms with Crippen molar-refractivity contribution in [1.29, 1.82) is 0 Å². The Kier molecular flexibility index (Phi) is 5.72. The number of hydrogen-bond acceptors (Lipinski definition) is 0. The zero-order valence-electron chi connectivity index (χ0n) is 8.80. The highest BCUT2D eigenvalue weighted by Gasteiger charge is 1.97. The quantitative estimate of drug-likeness (QED) is 0.450. The first kappa shape index (κ1) is 11.8. The van der Waals surface area contributed by atoms with Crippen LogP contribution in [0.15, 0.2) is 36.0 Å². The Labute approximate surface area is 82.0 Å². The molecule has 0 nitrogen and oxygen atoms in total. The number of allylic oxidation sites excluding steroid dienone is 5. The van der Waals surface area contributed by atoms with Crippen LogP contribution in [0, 0.1) is 18.3 Å². The van der Waals surface area contributed by atoms with E-state index in [2.05, 4.69) is 32.4 Å². The number of hydrogen-bond donors (Lipinski definition) is 0. The summed E-state index contributed by atoms with van der Waals surface area (Å²) in [6.07, 6.45) is 12.2. The van der Waals surface area contributed by atoms with Crippen LogP contribution in [0.2, 0.25) is 0 Å². The highest BCUT2D eigenvalue weighted by molar-refractivity contribution is 5.40. The molecule has 0 aliphatic carbocycles. The van der Waals surface area contributed by atoms with Gasteiger partial charge in [0.15, 0.2) is 0 Å². The molecular weight excluding hydrogens is 156 g/mol. The van der Waals surface area contributed by atoms with E-state index in [1.807, 2.05) is 13.0 Å². The number of rotatable bonds is 4. The molecule has 0 saturated carbocycles. The largest absolute Gasteiger partial charge is 0.115 e. The third kappa shape index (κ3) is 5.09. The molecule has 70 valence electrons. The Hall–Kier alpha value is -1.22. The predicted octanol–water partition coefficient (Wildman–Crippen LogP) is 3.72. The van der Waals surface area contributed by atoms with Gasteiger partial charge in [0, 0.05) is 5.57 Å². The maximum absolute atomic E-state index is 5.30. The molecule has 0 aromatic carbocycles. The molecule has 0 fully saturated rings. The summed E-state index contributed by atoms with van der Waals surface area (Å²) >= 11 is 0. The van der Waals surface area contributed by atoms with Crippen LogP contribution < -0.4 is 0 Å². The Bertz CT molecular complexity index is 256. The molecule has 0 heteroatoms. The fraction of sp³-hybridized carbons (Fsp3) is 0.385. The van der Waals surface area contributed by atoms with Crippen molar-refractivity contribution in [2.24, 2.45) is 5.92 Å². The average molecular weight is 174 g/mol. The zero-order valence-corrected chi connectivity index (χ0v) is 8.80. The van der Waals surface area contributed by atoms with Gasteiger partial charge in [-0.1, -0.05) is 44.1 Å². The van der Waals surface area contributed by atoms with Gasteiger partial charge in [0.2, 0.25) is 0 Å². The molecule has 0 aromatic rings. The third-order valence-electron chi connectivity index (χ3n) is 1.74. The van der Waals surface area contributed by atoms with Crippen molar-refractivity contribution in [3.8, 4) is 12.3 Å². The highest BCUT2D eigenvalue weighted by Crippen LogP contribution is 2.13. The molecule has 0 aliphatic rings. The van der Waals surface area contributed by atoms with E-state index in [1.165, 1.54) is 5.57 Å². The first-order chi connectivity index (χ1) is 6.13. The molecule has 0 rings (SSSR count). The van der Waals surface area contributed by atoms with Crippen LogP contribution in [-0.4, -0.2) is 0 Å². The van der Waals surface area contributed by atoms with E-state index in [-0.39, 0.29) is 0 Å². The molecular formula is C13H18. The molecule has 0 spiro atoms. The highest BCUT2D eigenvalue weighted by atomic mass is 14.0.